The molecule has 0 N–H and O–H groups in total. The maximum absolute atomic E-state index is 5.82. The van der Waals surface area contributed by atoms with E-state index in [4.69, 9.17) is 17.3 Å². The number of benzene rings is 1. The van der Waals surface area contributed by atoms with Crippen LogP contribution in [0.15, 0.2) is 53.9 Å². The molecule has 1 aliphatic heterocycles. The summed E-state index contributed by atoms with van der Waals surface area (Å²) in [6.45, 7) is 6.03. The molecule has 30 heavy (non-hydrogen) atoms. The summed E-state index contributed by atoms with van der Waals surface area (Å²) in [4.78, 5) is 6.19. The van der Waals surface area contributed by atoms with Crippen LogP contribution >= 0.6 is 23.6 Å². The molecule has 1 saturated carbocycles. The second-order valence-corrected chi connectivity index (χ2v) is 9.37. The topological polar surface area (TPSA) is 29.2 Å². The first-order valence-corrected chi connectivity index (χ1v) is 12.0. The lowest BCUT2D eigenvalue weighted by Crippen LogP contribution is -2.46. The Balaban J connectivity index is 1.19. The number of hydrogen-bond acceptors (Lipinski definition) is 5. The van der Waals surface area contributed by atoms with Crippen LogP contribution in [0, 0.1) is 4.77 Å². The van der Waals surface area contributed by atoms with Gasteiger partial charge in [-0.15, -0.1) is 16.4 Å². The molecule has 7 heteroatoms. The highest BCUT2D eigenvalue weighted by molar-refractivity contribution is 7.71. The second kappa shape index (κ2) is 8.98. The molecule has 2 aliphatic rings. The van der Waals surface area contributed by atoms with Gasteiger partial charge in [0.25, 0.3) is 0 Å². The molecule has 0 bridgehead atoms. The molecule has 1 aliphatic carbocycles. The van der Waals surface area contributed by atoms with Gasteiger partial charge in [0.2, 0.25) is 0 Å². The van der Waals surface area contributed by atoms with Gasteiger partial charge in [0.15, 0.2) is 10.6 Å². The first-order valence-electron chi connectivity index (χ1n) is 10.7. The van der Waals surface area contributed by atoms with Gasteiger partial charge in [-0.25, -0.2) is 4.68 Å². The average Bonchev–Trinajstić information content (AvgIpc) is 3.35. The van der Waals surface area contributed by atoms with Gasteiger partial charge < -0.3 is 0 Å². The van der Waals surface area contributed by atoms with Gasteiger partial charge in [-0.3, -0.25) is 14.4 Å². The van der Waals surface area contributed by atoms with Crippen LogP contribution in [0.2, 0.25) is 0 Å². The van der Waals surface area contributed by atoms with Crippen molar-refractivity contribution >= 4 is 29.6 Å². The summed E-state index contributed by atoms with van der Waals surface area (Å²) in [6, 6.07) is 15.3. The van der Waals surface area contributed by atoms with Crippen LogP contribution < -0.4 is 0 Å². The van der Waals surface area contributed by atoms with Crippen molar-refractivity contribution in [3.63, 3.8) is 0 Å². The van der Waals surface area contributed by atoms with E-state index in [-0.39, 0.29) is 0 Å². The quantitative estimate of drug-likeness (QED) is 0.498. The van der Waals surface area contributed by atoms with Crippen LogP contribution in [0.5, 0.6) is 0 Å². The third-order valence-corrected chi connectivity index (χ3v) is 7.07. The summed E-state index contributed by atoms with van der Waals surface area (Å²) in [5.74, 6) is 1.04. The highest BCUT2D eigenvalue weighted by Gasteiger charge is 2.29. The van der Waals surface area contributed by atoms with E-state index in [0.717, 1.165) is 50.0 Å². The Hall–Kier alpha value is -2.06. The minimum Gasteiger partial charge on any atom is -0.297 e. The molecule has 3 heterocycles. The van der Waals surface area contributed by atoms with Gasteiger partial charge in [-0.1, -0.05) is 48.6 Å². The zero-order chi connectivity index (χ0) is 20.3. The predicted octanol–water partition coefficient (Wildman–Crippen LogP) is 4.77. The Morgan fingerprint density at radius 1 is 1.00 bits per heavy atom. The fraction of sp³-hybridized carbons (Fsp3) is 0.391. The number of nitrogens with zero attached hydrogens (tertiary/aromatic N) is 5. The molecule has 156 valence electrons. The summed E-state index contributed by atoms with van der Waals surface area (Å²) in [5.41, 5.74) is 1.26. The molecule has 0 atom stereocenters. The molecule has 5 nitrogen and oxygen atoms in total. The average molecular weight is 438 g/mol. The molecule has 0 radical (unpaired) electrons. The number of piperazine rings is 1. The van der Waals surface area contributed by atoms with Crippen LogP contribution in [-0.4, -0.2) is 56.9 Å². The fourth-order valence-corrected chi connectivity index (χ4v) is 4.99. The van der Waals surface area contributed by atoms with Crippen molar-refractivity contribution in [2.24, 2.45) is 0 Å². The van der Waals surface area contributed by atoms with Crippen LogP contribution in [0.1, 0.15) is 24.4 Å². The summed E-state index contributed by atoms with van der Waals surface area (Å²) in [7, 11) is 0. The molecule has 1 aromatic carbocycles. The van der Waals surface area contributed by atoms with Gasteiger partial charge in [0.1, 0.15) is 0 Å². The molecule has 1 saturated heterocycles. The van der Waals surface area contributed by atoms with E-state index in [0.29, 0.717) is 6.04 Å². The summed E-state index contributed by atoms with van der Waals surface area (Å²) < 4.78 is 5.19. The van der Waals surface area contributed by atoms with Crippen molar-refractivity contribution in [2.75, 3.05) is 32.7 Å². The minimum atomic E-state index is 0.539. The third kappa shape index (κ3) is 4.49. The molecule has 0 amide bonds. The van der Waals surface area contributed by atoms with Crippen LogP contribution in [0.4, 0.5) is 0 Å². The molecular weight excluding hydrogens is 410 g/mol. The number of rotatable bonds is 7. The number of aromatic nitrogens is 3. The van der Waals surface area contributed by atoms with E-state index in [1.54, 1.807) is 11.3 Å². The Morgan fingerprint density at radius 3 is 2.47 bits per heavy atom. The highest BCUT2D eigenvalue weighted by atomic mass is 32.1. The van der Waals surface area contributed by atoms with Gasteiger partial charge in [0, 0.05) is 38.8 Å². The maximum atomic E-state index is 5.82. The Labute approximate surface area is 186 Å². The lowest BCUT2D eigenvalue weighted by molar-refractivity contribution is 0.110. The van der Waals surface area contributed by atoms with E-state index in [1.165, 1.54) is 23.3 Å². The first-order chi connectivity index (χ1) is 14.8. The maximum Gasteiger partial charge on any atom is 0.199 e. The first kappa shape index (κ1) is 19.9. The molecule has 3 aromatic rings. The normalized spacial score (nSPS) is 18.4. The van der Waals surface area contributed by atoms with Crippen molar-refractivity contribution in [3.05, 3.63) is 64.3 Å². The Bertz CT molecular complexity index is 1040. The third-order valence-electron chi connectivity index (χ3n) is 5.80. The molecular formula is C23H27N5S2. The summed E-state index contributed by atoms with van der Waals surface area (Å²) >= 11 is 7.56. The van der Waals surface area contributed by atoms with Crippen molar-refractivity contribution in [3.8, 4) is 10.7 Å². The van der Waals surface area contributed by atoms with Gasteiger partial charge >= 0.3 is 0 Å². The molecule has 0 unspecified atom stereocenters. The van der Waals surface area contributed by atoms with E-state index >= 15 is 0 Å². The predicted molar refractivity (Wildman–Crippen MR) is 126 cm³/mol. The van der Waals surface area contributed by atoms with E-state index in [2.05, 4.69) is 74.4 Å². The smallest absolute Gasteiger partial charge is 0.199 e. The standard InChI is InChI=1S/C23H27N5S2/c29-23-27(24-22(21-9-5-17-30-21)28(23)20-10-11-20)18-26-15-13-25(14-16-26)12-4-8-19-6-2-1-3-7-19/h1-9,17,20H,10-16,18H2/b8-4+. The Kier molecular flexibility index (Phi) is 5.95. The van der Waals surface area contributed by atoms with E-state index < -0.39 is 0 Å². The van der Waals surface area contributed by atoms with E-state index in [1.807, 2.05) is 4.68 Å². The zero-order valence-corrected chi connectivity index (χ0v) is 18.7. The van der Waals surface area contributed by atoms with Gasteiger partial charge in [-0.05, 0) is 42.1 Å². The van der Waals surface area contributed by atoms with Crippen molar-refractivity contribution in [1.29, 1.82) is 0 Å². The monoisotopic (exact) mass is 437 g/mol. The SMILES string of the molecule is S=c1n(CN2CCN(C/C=C/c3ccccc3)CC2)nc(-c2cccs2)n1C1CC1. The van der Waals surface area contributed by atoms with Crippen molar-refractivity contribution in [2.45, 2.75) is 25.6 Å². The van der Waals surface area contributed by atoms with Gasteiger partial charge in [-0.2, -0.15) is 0 Å². The van der Waals surface area contributed by atoms with Gasteiger partial charge in [0.05, 0.1) is 11.5 Å². The summed E-state index contributed by atoms with van der Waals surface area (Å²) in [6.07, 6.45) is 6.91. The Morgan fingerprint density at radius 2 is 1.77 bits per heavy atom. The fourth-order valence-electron chi connectivity index (χ4n) is 3.95. The van der Waals surface area contributed by atoms with Crippen molar-refractivity contribution in [1.82, 2.24) is 24.1 Å². The lowest BCUT2D eigenvalue weighted by atomic mass is 10.2. The van der Waals surface area contributed by atoms with Crippen LogP contribution in [-0.2, 0) is 6.67 Å². The van der Waals surface area contributed by atoms with Crippen LogP contribution in [0.25, 0.3) is 16.8 Å². The lowest BCUT2D eigenvalue weighted by Gasteiger charge is -2.33. The largest absolute Gasteiger partial charge is 0.297 e. The molecule has 2 fully saturated rings. The number of hydrogen-bond donors (Lipinski definition) is 0. The molecule has 0 spiro atoms. The highest BCUT2D eigenvalue weighted by Crippen LogP contribution is 2.39. The van der Waals surface area contributed by atoms with Crippen molar-refractivity contribution < 1.29 is 0 Å². The second-order valence-electron chi connectivity index (χ2n) is 8.06. The summed E-state index contributed by atoms with van der Waals surface area (Å²) in [5, 5.41) is 7.04. The molecule has 5 rings (SSSR count). The zero-order valence-electron chi connectivity index (χ0n) is 17.1. The minimum absolute atomic E-state index is 0.539. The molecule has 2 aromatic heterocycles. The van der Waals surface area contributed by atoms with Crippen LogP contribution in [0.3, 0.4) is 0 Å². The van der Waals surface area contributed by atoms with E-state index in [9.17, 15) is 0 Å². The number of thiophene rings is 1.